The largest absolute Gasteiger partial charge is 0.370 e. The van der Waals surface area contributed by atoms with Crippen molar-refractivity contribution in [2.24, 2.45) is 0 Å². The first-order chi connectivity index (χ1) is 14.5. The fourth-order valence-corrected chi connectivity index (χ4v) is 5.00. The Balaban J connectivity index is 1.37. The molecular formula is C21H22N4O3S2. The number of sulfonamides is 1. The number of hydrogen-bond acceptors (Lipinski definition) is 6. The van der Waals surface area contributed by atoms with Gasteiger partial charge in [0.1, 0.15) is 5.82 Å². The van der Waals surface area contributed by atoms with Crippen molar-refractivity contribution in [3.8, 4) is 0 Å². The minimum absolute atomic E-state index is 0.115. The van der Waals surface area contributed by atoms with Crippen LogP contribution in [0.1, 0.15) is 28.1 Å². The molecule has 0 bridgehead atoms. The van der Waals surface area contributed by atoms with Crippen LogP contribution in [0.3, 0.4) is 0 Å². The third kappa shape index (κ3) is 4.86. The number of carbonyl (C=O) groups is 1. The van der Waals surface area contributed by atoms with Crippen LogP contribution in [-0.4, -0.2) is 32.4 Å². The third-order valence-electron chi connectivity index (χ3n) is 4.90. The molecule has 1 saturated heterocycles. The van der Waals surface area contributed by atoms with Gasteiger partial charge in [0.2, 0.25) is 10.0 Å². The lowest BCUT2D eigenvalue weighted by Gasteiger charge is -2.17. The number of benzene rings is 1. The smallest absolute Gasteiger partial charge is 0.256 e. The second-order valence-electron chi connectivity index (χ2n) is 6.98. The van der Waals surface area contributed by atoms with Crippen LogP contribution in [0.2, 0.25) is 0 Å². The topological polar surface area (TPSA) is 91.4 Å². The fourth-order valence-electron chi connectivity index (χ4n) is 3.26. The zero-order valence-electron chi connectivity index (χ0n) is 16.2. The lowest BCUT2D eigenvalue weighted by atomic mass is 10.2. The molecule has 7 nitrogen and oxygen atoms in total. The van der Waals surface area contributed by atoms with Gasteiger partial charge in [0.05, 0.1) is 16.8 Å². The van der Waals surface area contributed by atoms with Crippen molar-refractivity contribution in [1.82, 2.24) is 9.71 Å². The highest BCUT2D eigenvalue weighted by atomic mass is 32.2. The molecule has 156 valence electrons. The summed E-state index contributed by atoms with van der Waals surface area (Å²) in [5.74, 6) is 0.115. The first-order valence-electron chi connectivity index (χ1n) is 9.66. The van der Waals surface area contributed by atoms with Crippen LogP contribution in [-0.2, 0) is 16.6 Å². The van der Waals surface area contributed by atoms with Crippen LogP contribution < -0.4 is 14.9 Å². The van der Waals surface area contributed by atoms with E-state index in [4.69, 9.17) is 0 Å². The van der Waals surface area contributed by atoms with Crippen molar-refractivity contribution < 1.29 is 13.2 Å². The van der Waals surface area contributed by atoms with Crippen LogP contribution in [0.5, 0.6) is 0 Å². The average Bonchev–Trinajstić information content (AvgIpc) is 3.47. The molecule has 0 aliphatic carbocycles. The molecule has 2 N–H and O–H groups in total. The molecule has 4 rings (SSSR count). The standard InChI is InChI=1S/C21H22N4O3S2/c26-21(24-20-10-7-17(14-22-20)25-11-1-2-12-25)16-5-8-19(9-6-16)30(27,28)23-15-18-4-3-13-29-18/h3-10,13-14,23H,1-2,11-12,15H2,(H,22,24,26). The Kier molecular flexibility index (Phi) is 6.12. The maximum atomic E-state index is 12.5. The number of anilines is 2. The summed E-state index contributed by atoms with van der Waals surface area (Å²) in [5, 5.41) is 4.64. The van der Waals surface area contributed by atoms with Gasteiger partial charge >= 0.3 is 0 Å². The summed E-state index contributed by atoms with van der Waals surface area (Å²) in [6, 6.07) is 13.3. The molecule has 2 aromatic heterocycles. The minimum atomic E-state index is -3.64. The number of nitrogens with one attached hydrogen (secondary N) is 2. The van der Waals surface area contributed by atoms with Gasteiger partial charge in [-0.15, -0.1) is 11.3 Å². The number of thiophene rings is 1. The second-order valence-corrected chi connectivity index (χ2v) is 9.78. The highest BCUT2D eigenvalue weighted by Gasteiger charge is 2.16. The maximum absolute atomic E-state index is 12.5. The summed E-state index contributed by atoms with van der Waals surface area (Å²) in [5.41, 5.74) is 1.41. The molecule has 30 heavy (non-hydrogen) atoms. The monoisotopic (exact) mass is 442 g/mol. The SMILES string of the molecule is O=C(Nc1ccc(N2CCCC2)cn1)c1ccc(S(=O)(=O)NCc2cccs2)cc1. The molecule has 0 spiro atoms. The Morgan fingerprint density at radius 1 is 1.07 bits per heavy atom. The van der Waals surface area contributed by atoms with Gasteiger partial charge in [-0.05, 0) is 60.7 Å². The molecule has 9 heteroatoms. The van der Waals surface area contributed by atoms with E-state index in [9.17, 15) is 13.2 Å². The van der Waals surface area contributed by atoms with E-state index in [0.29, 0.717) is 11.4 Å². The quantitative estimate of drug-likeness (QED) is 0.585. The van der Waals surface area contributed by atoms with Gasteiger partial charge < -0.3 is 10.2 Å². The van der Waals surface area contributed by atoms with Gasteiger partial charge in [-0.1, -0.05) is 6.07 Å². The maximum Gasteiger partial charge on any atom is 0.256 e. The number of amides is 1. The van der Waals surface area contributed by atoms with Crippen molar-refractivity contribution in [2.75, 3.05) is 23.3 Å². The zero-order chi connectivity index (χ0) is 21.0. The highest BCUT2D eigenvalue weighted by Crippen LogP contribution is 2.20. The van der Waals surface area contributed by atoms with E-state index >= 15 is 0 Å². The molecule has 0 radical (unpaired) electrons. The first kappa shape index (κ1) is 20.5. The Hall–Kier alpha value is -2.75. The van der Waals surface area contributed by atoms with E-state index in [0.717, 1.165) is 23.7 Å². The van der Waals surface area contributed by atoms with Crippen LogP contribution in [0.25, 0.3) is 0 Å². The summed E-state index contributed by atoms with van der Waals surface area (Å²) in [4.78, 5) is 20.1. The van der Waals surface area contributed by atoms with Gasteiger partial charge in [0.15, 0.2) is 0 Å². The molecule has 3 heterocycles. The molecule has 0 saturated carbocycles. The number of hydrogen-bond donors (Lipinski definition) is 2. The van der Waals surface area contributed by atoms with Gasteiger partial charge in [-0.25, -0.2) is 18.1 Å². The number of pyridine rings is 1. The van der Waals surface area contributed by atoms with E-state index in [1.165, 1.54) is 48.4 Å². The normalized spacial score (nSPS) is 14.1. The van der Waals surface area contributed by atoms with Crippen molar-refractivity contribution in [2.45, 2.75) is 24.3 Å². The summed E-state index contributed by atoms with van der Waals surface area (Å²) < 4.78 is 27.4. The van der Waals surface area contributed by atoms with Crippen LogP contribution >= 0.6 is 11.3 Å². The van der Waals surface area contributed by atoms with E-state index < -0.39 is 10.0 Å². The second kappa shape index (κ2) is 8.95. The van der Waals surface area contributed by atoms with Crippen LogP contribution in [0.15, 0.2) is 65.0 Å². The van der Waals surface area contributed by atoms with Crippen molar-refractivity contribution in [3.63, 3.8) is 0 Å². The predicted octanol–water partition coefficient (Wildman–Crippen LogP) is 3.47. The Bertz CT molecular complexity index is 1090. The van der Waals surface area contributed by atoms with E-state index in [2.05, 4.69) is 19.9 Å². The van der Waals surface area contributed by atoms with Gasteiger partial charge in [0, 0.05) is 30.1 Å². The minimum Gasteiger partial charge on any atom is -0.370 e. The molecule has 1 amide bonds. The lowest BCUT2D eigenvalue weighted by molar-refractivity contribution is 0.102. The van der Waals surface area contributed by atoms with E-state index in [1.807, 2.05) is 23.6 Å². The Labute approximate surface area is 179 Å². The van der Waals surface area contributed by atoms with Gasteiger partial charge in [0.25, 0.3) is 5.91 Å². The van der Waals surface area contributed by atoms with Crippen LogP contribution in [0.4, 0.5) is 11.5 Å². The number of aromatic nitrogens is 1. The summed E-state index contributed by atoms with van der Waals surface area (Å²) in [7, 11) is -3.64. The first-order valence-corrected chi connectivity index (χ1v) is 12.0. The van der Waals surface area contributed by atoms with Crippen molar-refractivity contribution in [1.29, 1.82) is 0 Å². The number of rotatable bonds is 7. The summed E-state index contributed by atoms with van der Waals surface area (Å²) in [6.07, 6.45) is 4.14. The fraction of sp³-hybridized carbons (Fsp3) is 0.238. The number of carbonyl (C=O) groups excluding carboxylic acids is 1. The third-order valence-corrected chi connectivity index (χ3v) is 7.20. The molecule has 1 aromatic carbocycles. The molecule has 1 aliphatic heterocycles. The van der Waals surface area contributed by atoms with E-state index in [-0.39, 0.29) is 17.3 Å². The molecule has 1 fully saturated rings. The summed E-state index contributed by atoms with van der Waals surface area (Å²) in [6.45, 7) is 2.30. The molecule has 0 unspecified atom stereocenters. The van der Waals surface area contributed by atoms with Crippen molar-refractivity contribution in [3.05, 3.63) is 70.5 Å². The van der Waals surface area contributed by atoms with Gasteiger partial charge in [-0.3, -0.25) is 4.79 Å². The highest BCUT2D eigenvalue weighted by molar-refractivity contribution is 7.89. The molecular weight excluding hydrogens is 420 g/mol. The summed E-state index contributed by atoms with van der Waals surface area (Å²) >= 11 is 1.49. The molecule has 0 atom stereocenters. The van der Waals surface area contributed by atoms with Crippen LogP contribution in [0, 0.1) is 0 Å². The molecule has 1 aliphatic rings. The Morgan fingerprint density at radius 3 is 2.47 bits per heavy atom. The van der Waals surface area contributed by atoms with E-state index in [1.54, 1.807) is 12.3 Å². The lowest BCUT2D eigenvalue weighted by Crippen LogP contribution is -2.23. The predicted molar refractivity (Wildman–Crippen MR) is 118 cm³/mol. The zero-order valence-corrected chi connectivity index (χ0v) is 17.9. The Morgan fingerprint density at radius 2 is 1.83 bits per heavy atom. The van der Waals surface area contributed by atoms with Gasteiger partial charge in [-0.2, -0.15) is 0 Å². The number of nitrogens with zero attached hydrogens (tertiary/aromatic N) is 2. The average molecular weight is 443 g/mol. The molecule has 3 aromatic rings. The van der Waals surface area contributed by atoms with Crippen molar-refractivity contribution >= 4 is 38.8 Å².